The molecule has 0 aliphatic rings. The largest absolute Gasteiger partial charge is 0.497 e. The van der Waals surface area contributed by atoms with Crippen LogP contribution in [-0.4, -0.2) is 26.9 Å². The molecule has 0 aliphatic heterocycles. The summed E-state index contributed by atoms with van der Waals surface area (Å²) in [5.41, 5.74) is 2.89. The minimum atomic E-state index is -0.267. The van der Waals surface area contributed by atoms with Crippen LogP contribution in [0.25, 0.3) is 22.0 Å². The molecule has 0 atom stereocenters. The van der Waals surface area contributed by atoms with Crippen LogP contribution in [0.4, 0.5) is 4.39 Å². The third-order valence-electron chi connectivity index (χ3n) is 4.18. The maximum Gasteiger partial charge on any atom is 0.191 e. The van der Waals surface area contributed by atoms with E-state index in [2.05, 4.69) is 15.6 Å². The van der Waals surface area contributed by atoms with Gasteiger partial charge in [-0.3, -0.25) is 0 Å². The van der Waals surface area contributed by atoms with E-state index in [1.165, 1.54) is 12.1 Å². The Bertz CT molecular complexity index is 1070. The fourth-order valence-electron chi connectivity index (χ4n) is 2.67. The number of hydrogen-bond donors (Lipinski definition) is 0. The van der Waals surface area contributed by atoms with Gasteiger partial charge in [-0.05, 0) is 48.5 Å². The number of thiazole rings is 1. The van der Waals surface area contributed by atoms with Crippen molar-refractivity contribution in [2.45, 2.75) is 10.9 Å². The summed E-state index contributed by atoms with van der Waals surface area (Å²) in [4.78, 5) is 4.71. The summed E-state index contributed by atoms with van der Waals surface area (Å²) in [5, 5.41) is 12.3. The van der Waals surface area contributed by atoms with Crippen molar-refractivity contribution in [2.24, 2.45) is 7.05 Å². The second-order valence-corrected chi connectivity index (χ2v) is 7.83. The molecule has 4 aromatic rings. The predicted molar refractivity (Wildman–Crippen MR) is 110 cm³/mol. The monoisotopic (exact) mass is 412 g/mol. The predicted octanol–water partition coefficient (Wildman–Crippen LogP) is 5.05. The van der Waals surface area contributed by atoms with Crippen molar-refractivity contribution in [3.05, 3.63) is 65.4 Å². The fourth-order valence-corrected chi connectivity index (χ4v) is 4.40. The standard InChI is InChI=1S/C20H17FN4OS2/c1-25-18(13-3-7-15(21)8-4-13)23-24-20(25)28-12-16-11-27-19(22-16)14-5-9-17(26-2)10-6-14/h3-11H,12H2,1-2H3. The first kappa shape index (κ1) is 18.6. The fraction of sp³-hybridized carbons (Fsp3) is 0.150. The molecule has 0 amide bonds. The summed E-state index contributed by atoms with van der Waals surface area (Å²) in [5.74, 6) is 1.97. The van der Waals surface area contributed by atoms with Crippen molar-refractivity contribution in [3.8, 4) is 27.7 Å². The van der Waals surface area contributed by atoms with Gasteiger partial charge in [0.25, 0.3) is 0 Å². The number of nitrogens with zero attached hydrogens (tertiary/aromatic N) is 4. The van der Waals surface area contributed by atoms with Gasteiger partial charge in [0.05, 0.1) is 12.8 Å². The number of rotatable bonds is 6. The van der Waals surface area contributed by atoms with E-state index >= 15 is 0 Å². The zero-order valence-corrected chi connectivity index (χ0v) is 16.9. The van der Waals surface area contributed by atoms with Crippen molar-refractivity contribution < 1.29 is 9.13 Å². The minimum absolute atomic E-state index is 0.267. The van der Waals surface area contributed by atoms with Crippen molar-refractivity contribution in [2.75, 3.05) is 7.11 Å². The van der Waals surface area contributed by atoms with Crippen molar-refractivity contribution >= 4 is 23.1 Å². The summed E-state index contributed by atoms with van der Waals surface area (Å²) in [7, 11) is 3.56. The lowest BCUT2D eigenvalue weighted by atomic mass is 10.2. The summed E-state index contributed by atoms with van der Waals surface area (Å²) < 4.78 is 20.2. The van der Waals surface area contributed by atoms with E-state index in [1.807, 2.05) is 35.9 Å². The maximum atomic E-state index is 13.1. The van der Waals surface area contributed by atoms with Crippen molar-refractivity contribution in [3.63, 3.8) is 0 Å². The number of hydrogen-bond acceptors (Lipinski definition) is 6. The Morgan fingerprint density at radius 2 is 1.75 bits per heavy atom. The molecule has 0 N–H and O–H groups in total. The quantitative estimate of drug-likeness (QED) is 0.415. The van der Waals surface area contributed by atoms with Gasteiger partial charge < -0.3 is 9.30 Å². The Labute approximate surface area is 170 Å². The molecular weight excluding hydrogens is 395 g/mol. The first-order chi connectivity index (χ1) is 13.6. The number of ether oxygens (including phenoxy) is 1. The van der Waals surface area contributed by atoms with Gasteiger partial charge in [0.2, 0.25) is 0 Å². The molecule has 2 heterocycles. The van der Waals surface area contributed by atoms with E-state index < -0.39 is 0 Å². The zero-order chi connectivity index (χ0) is 19.5. The molecule has 0 aliphatic carbocycles. The lowest BCUT2D eigenvalue weighted by molar-refractivity contribution is 0.415. The summed E-state index contributed by atoms with van der Waals surface area (Å²) in [6.07, 6.45) is 0. The third-order valence-corrected chi connectivity index (χ3v) is 6.17. The average molecular weight is 413 g/mol. The lowest BCUT2D eigenvalue weighted by Crippen LogP contribution is -1.95. The van der Waals surface area contributed by atoms with Gasteiger partial charge in [-0.15, -0.1) is 21.5 Å². The molecule has 4 rings (SSSR count). The third kappa shape index (κ3) is 3.93. The van der Waals surface area contributed by atoms with Crippen LogP contribution in [-0.2, 0) is 12.8 Å². The lowest BCUT2D eigenvalue weighted by Gasteiger charge is -2.03. The second kappa shape index (κ2) is 8.12. The van der Waals surface area contributed by atoms with Gasteiger partial charge in [-0.25, -0.2) is 9.37 Å². The highest BCUT2D eigenvalue weighted by Gasteiger charge is 2.13. The van der Waals surface area contributed by atoms with Crippen LogP contribution in [0.15, 0.2) is 59.1 Å². The van der Waals surface area contributed by atoms with Crippen molar-refractivity contribution in [1.82, 2.24) is 19.7 Å². The van der Waals surface area contributed by atoms with Crippen LogP contribution in [0.1, 0.15) is 5.69 Å². The summed E-state index contributed by atoms with van der Waals surface area (Å²) in [6, 6.07) is 14.1. The Hall–Kier alpha value is -2.71. The highest BCUT2D eigenvalue weighted by Crippen LogP contribution is 2.29. The molecule has 5 nitrogen and oxygen atoms in total. The van der Waals surface area contributed by atoms with Crippen LogP contribution in [0.3, 0.4) is 0 Å². The molecular formula is C20H17FN4OS2. The van der Waals surface area contributed by atoms with Crippen molar-refractivity contribution in [1.29, 1.82) is 0 Å². The molecule has 0 radical (unpaired) electrons. The smallest absolute Gasteiger partial charge is 0.191 e. The molecule has 0 unspecified atom stereocenters. The maximum absolute atomic E-state index is 13.1. The minimum Gasteiger partial charge on any atom is -0.497 e. The molecule has 28 heavy (non-hydrogen) atoms. The topological polar surface area (TPSA) is 52.8 Å². The number of benzene rings is 2. The van der Waals surface area contributed by atoms with Crippen LogP contribution in [0, 0.1) is 5.82 Å². The second-order valence-electron chi connectivity index (χ2n) is 6.03. The molecule has 0 saturated heterocycles. The number of methoxy groups -OCH3 is 1. The Kier molecular flexibility index (Phi) is 5.40. The molecule has 2 aromatic carbocycles. The molecule has 8 heteroatoms. The van der Waals surface area contributed by atoms with Gasteiger partial charge in [-0.1, -0.05) is 11.8 Å². The van der Waals surface area contributed by atoms with E-state index in [0.29, 0.717) is 11.6 Å². The first-order valence-corrected chi connectivity index (χ1v) is 10.4. The molecule has 0 fully saturated rings. The van der Waals surface area contributed by atoms with Gasteiger partial charge >= 0.3 is 0 Å². The Morgan fingerprint density at radius 3 is 2.46 bits per heavy atom. The van der Waals surface area contributed by atoms with Crippen LogP contribution >= 0.6 is 23.1 Å². The number of thioether (sulfide) groups is 1. The number of halogens is 1. The van der Waals surface area contributed by atoms with Gasteiger partial charge in [-0.2, -0.15) is 0 Å². The van der Waals surface area contributed by atoms with Crippen LogP contribution in [0.2, 0.25) is 0 Å². The van der Waals surface area contributed by atoms with E-state index in [1.54, 1.807) is 42.3 Å². The molecule has 0 spiro atoms. The van der Waals surface area contributed by atoms with E-state index in [4.69, 9.17) is 9.72 Å². The van der Waals surface area contributed by atoms with Crippen LogP contribution in [0.5, 0.6) is 5.75 Å². The molecule has 142 valence electrons. The summed E-state index contributed by atoms with van der Waals surface area (Å²) in [6.45, 7) is 0. The molecule has 0 bridgehead atoms. The van der Waals surface area contributed by atoms with Gasteiger partial charge in [0.15, 0.2) is 11.0 Å². The molecule has 2 aromatic heterocycles. The molecule has 0 saturated carbocycles. The zero-order valence-electron chi connectivity index (χ0n) is 15.3. The Morgan fingerprint density at radius 1 is 1.04 bits per heavy atom. The average Bonchev–Trinajstić information content (AvgIpc) is 3.34. The number of aromatic nitrogens is 4. The Balaban J connectivity index is 1.45. The first-order valence-electron chi connectivity index (χ1n) is 8.51. The van der Waals surface area contributed by atoms with E-state index in [0.717, 1.165) is 32.7 Å². The normalized spacial score (nSPS) is 11.0. The SMILES string of the molecule is COc1ccc(-c2nc(CSc3nnc(-c4ccc(F)cc4)n3C)cs2)cc1. The highest BCUT2D eigenvalue weighted by molar-refractivity contribution is 7.98. The van der Waals surface area contributed by atoms with Gasteiger partial charge in [0, 0.05) is 29.3 Å². The van der Waals surface area contributed by atoms with Gasteiger partial charge in [0.1, 0.15) is 16.6 Å². The van der Waals surface area contributed by atoms with E-state index in [-0.39, 0.29) is 5.82 Å². The summed E-state index contributed by atoms with van der Waals surface area (Å²) >= 11 is 3.19. The van der Waals surface area contributed by atoms with Crippen LogP contribution < -0.4 is 4.74 Å². The highest BCUT2D eigenvalue weighted by atomic mass is 32.2. The van der Waals surface area contributed by atoms with E-state index in [9.17, 15) is 4.39 Å².